The molecule has 0 spiro atoms. The van der Waals surface area contributed by atoms with Crippen LogP contribution in [0.15, 0.2) is 45.8 Å². The molecule has 0 atom stereocenters. The summed E-state index contributed by atoms with van der Waals surface area (Å²) in [5.41, 5.74) is 3.31. The Morgan fingerprint density at radius 2 is 1.97 bits per heavy atom. The number of amides is 3. The van der Waals surface area contributed by atoms with E-state index in [0.29, 0.717) is 17.0 Å². The number of carbonyl (C=O) groups is 3. The number of nitrogens with one attached hydrogen (secondary N) is 1. The number of halogens is 1. The Morgan fingerprint density at radius 3 is 2.66 bits per heavy atom. The van der Waals surface area contributed by atoms with Gasteiger partial charge in [-0.1, -0.05) is 33.6 Å². The predicted molar refractivity (Wildman–Crippen MR) is 118 cm³/mol. The van der Waals surface area contributed by atoms with Crippen molar-refractivity contribution in [1.29, 1.82) is 0 Å². The molecular weight excluding hydrogens is 456 g/mol. The molecule has 1 N–H and O–H groups in total. The van der Waals surface area contributed by atoms with Crippen LogP contribution in [0.5, 0.6) is 5.75 Å². The molecule has 3 amide bonds. The number of methoxy groups -OCH3 is 1. The number of nitrogens with zero attached hydrogens (tertiary/aromatic N) is 1. The maximum Gasteiger partial charge on any atom is 0.294 e. The number of hydrogen-bond acceptors (Lipinski definition) is 5. The van der Waals surface area contributed by atoms with E-state index in [1.807, 2.05) is 32.0 Å². The first-order valence-corrected chi connectivity index (χ1v) is 10.4. The number of hydrogen-bond donors (Lipinski definition) is 1. The minimum Gasteiger partial charge on any atom is -0.496 e. The van der Waals surface area contributed by atoms with Crippen LogP contribution in [0.2, 0.25) is 0 Å². The average molecular weight is 475 g/mol. The zero-order chi connectivity index (χ0) is 21.1. The van der Waals surface area contributed by atoms with E-state index in [2.05, 4.69) is 21.2 Å². The lowest BCUT2D eigenvalue weighted by atomic mass is 10.1. The van der Waals surface area contributed by atoms with Crippen molar-refractivity contribution in [3.05, 3.63) is 62.5 Å². The highest BCUT2D eigenvalue weighted by molar-refractivity contribution is 9.10. The molecule has 1 aliphatic rings. The van der Waals surface area contributed by atoms with Crippen molar-refractivity contribution in [2.75, 3.05) is 19.0 Å². The van der Waals surface area contributed by atoms with Gasteiger partial charge in [-0.2, -0.15) is 0 Å². The molecule has 0 unspecified atom stereocenters. The minimum absolute atomic E-state index is 0.241. The zero-order valence-corrected chi connectivity index (χ0v) is 18.5. The van der Waals surface area contributed by atoms with Crippen LogP contribution < -0.4 is 10.1 Å². The van der Waals surface area contributed by atoms with E-state index in [9.17, 15) is 14.4 Å². The molecule has 29 heavy (non-hydrogen) atoms. The maximum atomic E-state index is 12.7. The second kappa shape index (κ2) is 8.84. The number of aryl methyl sites for hydroxylation is 2. The molecule has 2 aromatic rings. The second-order valence-electron chi connectivity index (χ2n) is 6.52. The number of anilines is 1. The SMILES string of the molecule is COc1ccc(Br)cc1/C=C1/SC(=O)N(CC(=O)Nc2ccc(C)cc2C)C1=O. The summed E-state index contributed by atoms with van der Waals surface area (Å²) in [6.45, 7) is 3.51. The van der Waals surface area contributed by atoms with Crippen molar-refractivity contribution < 1.29 is 19.1 Å². The third kappa shape index (κ3) is 4.89. The molecule has 0 saturated carbocycles. The third-order valence-electron chi connectivity index (χ3n) is 4.31. The molecule has 1 heterocycles. The highest BCUT2D eigenvalue weighted by atomic mass is 79.9. The molecule has 0 bridgehead atoms. The van der Waals surface area contributed by atoms with Crippen molar-refractivity contribution in [2.24, 2.45) is 0 Å². The van der Waals surface area contributed by atoms with Gasteiger partial charge >= 0.3 is 0 Å². The van der Waals surface area contributed by atoms with Gasteiger partial charge in [-0.05, 0) is 61.5 Å². The largest absolute Gasteiger partial charge is 0.496 e. The summed E-state index contributed by atoms with van der Waals surface area (Å²) in [4.78, 5) is 38.6. The van der Waals surface area contributed by atoms with Crippen LogP contribution in [0, 0.1) is 13.8 Å². The normalized spacial score (nSPS) is 15.2. The summed E-state index contributed by atoms with van der Waals surface area (Å²) >= 11 is 4.18. The molecule has 6 nitrogen and oxygen atoms in total. The predicted octanol–water partition coefficient (Wildman–Crippen LogP) is 4.75. The Morgan fingerprint density at radius 1 is 1.21 bits per heavy atom. The van der Waals surface area contributed by atoms with Crippen LogP contribution in [-0.2, 0) is 9.59 Å². The topological polar surface area (TPSA) is 75.7 Å². The second-order valence-corrected chi connectivity index (χ2v) is 8.43. The Balaban J connectivity index is 1.75. The Bertz CT molecular complexity index is 1040. The summed E-state index contributed by atoms with van der Waals surface area (Å²) in [6.07, 6.45) is 1.59. The lowest BCUT2D eigenvalue weighted by Crippen LogP contribution is -2.36. The summed E-state index contributed by atoms with van der Waals surface area (Å²) in [5.74, 6) is -0.356. The molecule has 8 heteroatoms. The Labute approximate surface area is 181 Å². The molecule has 1 aliphatic heterocycles. The number of benzene rings is 2. The molecule has 150 valence electrons. The molecule has 3 rings (SSSR count). The van der Waals surface area contributed by atoms with Gasteiger partial charge in [0, 0.05) is 15.7 Å². The van der Waals surface area contributed by atoms with Gasteiger partial charge < -0.3 is 10.1 Å². The van der Waals surface area contributed by atoms with Crippen LogP contribution in [0.3, 0.4) is 0 Å². The van der Waals surface area contributed by atoms with E-state index in [1.165, 1.54) is 7.11 Å². The minimum atomic E-state index is -0.502. The van der Waals surface area contributed by atoms with Crippen molar-refractivity contribution in [3.63, 3.8) is 0 Å². The highest BCUT2D eigenvalue weighted by Crippen LogP contribution is 2.34. The fourth-order valence-corrected chi connectivity index (χ4v) is 4.09. The van der Waals surface area contributed by atoms with Gasteiger partial charge in [-0.15, -0.1) is 0 Å². The zero-order valence-electron chi connectivity index (χ0n) is 16.1. The highest BCUT2D eigenvalue weighted by Gasteiger charge is 2.36. The van der Waals surface area contributed by atoms with E-state index in [1.54, 1.807) is 24.3 Å². The summed E-state index contributed by atoms with van der Waals surface area (Å²) < 4.78 is 6.12. The first kappa shape index (κ1) is 21.1. The monoisotopic (exact) mass is 474 g/mol. The van der Waals surface area contributed by atoms with Gasteiger partial charge in [0.25, 0.3) is 11.1 Å². The van der Waals surface area contributed by atoms with Gasteiger partial charge in [0.15, 0.2) is 0 Å². The van der Waals surface area contributed by atoms with E-state index in [0.717, 1.165) is 32.3 Å². The lowest BCUT2D eigenvalue weighted by Gasteiger charge is -2.14. The number of carbonyl (C=O) groups excluding carboxylic acids is 3. The summed E-state index contributed by atoms with van der Waals surface area (Å²) in [7, 11) is 1.53. The van der Waals surface area contributed by atoms with Gasteiger partial charge in [0.05, 0.1) is 12.0 Å². The van der Waals surface area contributed by atoms with Crippen molar-refractivity contribution in [3.8, 4) is 5.75 Å². The molecule has 0 aliphatic carbocycles. The fraction of sp³-hybridized carbons (Fsp3) is 0.190. The number of rotatable bonds is 5. The van der Waals surface area contributed by atoms with Gasteiger partial charge in [-0.3, -0.25) is 19.3 Å². The fourth-order valence-electron chi connectivity index (χ4n) is 2.88. The Kier molecular flexibility index (Phi) is 6.44. The average Bonchev–Trinajstić information content (AvgIpc) is 2.92. The molecule has 2 aromatic carbocycles. The van der Waals surface area contributed by atoms with Crippen molar-refractivity contribution in [2.45, 2.75) is 13.8 Å². The number of imide groups is 1. The molecule has 0 aromatic heterocycles. The maximum absolute atomic E-state index is 12.7. The number of ether oxygens (including phenoxy) is 1. The van der Waals surface area contributed by atoms with Crippen molar-refractivity contribution >= 4 is 56.5 Å². The molecule has 0 radical (unpaired) electrons. The molecule has 1 saturated heterocycles. The molecule has 1 fully saturated rings. The van der Waals surface area contributed by atoms with E-state index in [4.69, 9.17) is 4.74 Å². The number of thioether (sulfide) groups is 1. The van der Waals surface area contributed by atoms with E-state index >= 15 is 0 Å². The van der Waals surface area contributed by atoms with Gasteiger partial charge in [0.1, 0.15) is 12.3 Å². The first-order valence-electron chi connectivity index (χ1n) is 8.74. The van der Waals surface area contributed by atoms with Crippen LogP contribution in [-0.4, -0.2) is 35.6 Å². The van der Waals surface area contributed by atoms with Crippen LogP contribution in [0.4, 0.5) is 10.5 Å². The standard InChI is InChI=1S/C21H19BrN2O4S/c1-12-4-6-16(13(2)8-12)23-19(25)11-24-20(26)18(29-21(24)27)10-14-9-15(22)5-7-17(14)28-3/h4-10H,11H2,1-3H3,(H,23,25)/b18-10+. The quantitative estimate of drug-likeness (QED) is 0.632. The summed E-state index contributed by atoms with van der Waals surface area (Å²) in [6, 6.07) is 11.0. The van der Waals surface area contributed by atoms with Crippen LogP contribution in [0.1, 0.15) is 16.7 Å². The van der Waals surface area contributed by atoms with E-state index in [-0.39, 0.29) is 11.4 Å². The Hall–Kier alpha value is -2.58. The van der Waals surface area contributed by atoms with Crippen molar-refractivity contribution in [1.82, 2.24) is 4.90 Å². The van der Waals surface area contributed by atoms with E-state index < -0.39 is 17.1 Å². The molecular formula is C21H19BrN2O4S. The van der Waals surface area contributed by atoms with Gasteiger partial charge in [-0.25, -0.2) is 0 Å². The third-order valence-corrected chi connectivity index (χ3v) is 5.71. The van der Waals surface area contributed by atoms with Crippen LogP contribution >= 0.6 is 27.7 Å². The summed E-state index contributed by atoms with van der Waals surface area (Å²) in [5, 5.41) is 2.28. The lowest BCUT2D eigenvalue weighted by molar-refractivity contribution is -0.127. The van der Waals surface area contributed by atoms with Crippen LogP contribution in [0.25, 0.3) is 6.08 Å². The smallest absolute Gasteiger partial charge is 0.294 e. The first-order chi connectivity index (χ1) is 13.8. The van der Waals surface area contributed by atoms with Gasteiger partial charge in [0.2, 0.25) is 5.91 Å².